The third kappa shape index (κ3) is 9.76. The predicted molar refractivity (Wildman–Crippen MR) is 72.9 cm³/mol. The third-order valence-electron chi connectivity index (χ3n) is 2.59. The lowest BCUT2D eigenvalue weighted by atomic mass is 10.1. The van der Waals surface area contributed by atoms with Gasteiger partial charge in [0.15, 0.2) is 5.78 Å². The van der Waals surface area contributed by atoms with E-state index in [1.165, 1.54) is 11.1 Å². The summed E-state index contributed by atoms with van der Waals surface area (Å²) in [7, 11) is 0. The van der Waals surface area contributed by atoms with Crippen LogP contribution >= 0.6 is 0 Å². The SMILES string of the molecule is C/C=C/C(=O)CC/C(C)=C/CC/C(C)=C/CO. The van der Waals surface area contributed by atoms with Gasteiger partial charge in [-0.25, -0.2) is 0 Å². The molecule has 0 saturated heterocycles. The maximum absolute atomic E-state index is 11.3. The summed E-state index contributed by atoms with van der Waals surface area (Å²) in [5.41, 5.74) is 2.47. The maximum Gasteiger partial charge on any atom is 0.155 e. The van der Waals surface area contributed by atoms with Crippen LogP contribution in [0.3, 0.4) is 0 Å². The molecule has 0 heterocycles. The molecule has 96 valence electrons. The molecule has 0 atom stereocenters. The van der Waals surface area contributed by atoms with E-state index in [-0.39, 0.29) is 12.4 Å². The van der Waals surface area contributed by atoms with Crippen LogP contribution in [0.5, 0.6) is 0 Å². The molecule has 0 radical (unpaired) electrons. The summed E-state index contributed by atoms with van der Waals surface area (Å²) in [5.74, 6) is 0.191. The van der Waals surface area contributed by atoms with Gasteiger partial charge in [0.1, 0.15) is 0 Å². The Labute approximate surface area is 105 Å². The summed E-state index contributed by atoms with van der Waals surface area (Å²) in [6.07, 6.45) is 10.8. The molecule has 17 heavy (non-hydrogen) atoms. The van der Waals surface area contributed by atoms with E-state index in [1.807, 2.05) is 19.9 Å². The van der Waals surface area contributed by atoms with Crippen LogP contribution in [0.2, 0.25) is 0 Å². The maximum atomic E-state index is 11.3. The van der Waals surface area contributed by atoms with Crippen LogP contribution < -0.4 is 0 Å². The van der Waals surface area contributed by atoms with Gasteiger partial charge in [-0.2, -0.15) is 0 Å². The van der Waals surface area contributed by atoms with Crippen LogP contribution in [-0.4, -0.2) is 17.5 Å². The van der Waals surface area contributed by atoms with E-state index < -0.39 is 0 Å². The van der Waals surface area contributed by atoms with Gasteiger partial charge in [0.25, 0.3) is 0 Å². The van der Waals surface area contributed by atoms with Crippen molar-refractivity contribution in [3.05, 3.63) is 35.5 Å². The average Bonchev–Trinajstić information content (AvgIpc) is 2.27. The van der Waals surface area contributed by atoms with E-state index in [0.29, 0.717) is 6.42 Å². The Morgan fingerprint density at radius 2 is 1.71 bits per heavy atom. The van der Waals surface area contributed by atoms with Crippen LogP contribution in [0.25, 0.3) is 0 Å². The Bertz CT molecular complexity index is 309. The van der Waals surface area contributed by atoms with Crippen LogP contribution in [-0.2, 0) is 4.79 Å². The van der Waals surface area contributed by atoms with Crippen LogP contribution in [0.4, 0.5) is 0 Å². The second kappa shape index (κ2) is 10.0. The standard InChI is InChI=1S/C15H24O2/c1-4-6-15(17)10-9-13(2)7-5-8-14(3)11-12-16/h4,6-7,11,16H,5,8-10,12H2,1-3H3/b6-4+,13-7+,14-11+. The first kappa shape index (κ1) is 15.9. The molecule has 0 unspecified atom stereocenters. The number of aliphatic hydroxyl groups is 1. The van der Waals surface area contributed by atoms with Gasteiger partial charge in [-0.3, -0.25) is 4.79 Å². The Balaban J connectivity index is 3.87. The zero-order valence-electron chi connectivity index (χ0n) is 11.2. The van der Waals surface area contributed by atoms with Crippen molar-refractivity contribution >= 4 is 5.78 Å². The van der Waals surface area contributed by atoms with Crippen molar-refractivity contribution in [3.8, 4) is 0 Å². The van der Waals surface area contributed by atoms with E-state index >= 15 is 0 Å². The minimum absolute atomic E-state index is 0.117. The van der Waals surface area contributed by atoms with Gasteiger partial charge in [-0.15, -0.1) is 0 Å². The van der Waals surface area contributed by atoms with Crippen molar-refractivity contribution < 1.29 is 9.90 Å². The van der Waals surface area contributed by atoms with Gasteiger partial charge in [-0.1, -0.05) is 29.4 Å². The number of rotatable bonds is 8. The number of carbonyl (C=O) groups excluding carboxylic acids is 1. The minimum atomic E-state index is 0.117. The Morgan fingerprint density at radius 1 is 1.06 bits per heavy atom. The lowest BCUT2D eigenvalue weighted by Crippen LogP contribution is -1.92. The molecule has 0 rings (SSSR count). The van der Waals surface area contributed by atoms with Crippen molar-refractivity contribution in [1.29, 1.82) is 0 Å². The van der Waals surface area contributed by atoms with Crippen molar-refractivity contribution in [2.75, 3.05) is 6.61 Å². The summed E-state index contributed by atoms with van der Waals surface area (Å²) >= 11 is 0. The number of ketones is 1. The summed E-state index contributed by atoms with van der Waals surface area (Å²) in [6, 6.07) is 0. The molecule has 0 fully saturated rings. The number of aliphatic hydroxyl groups excluding tert-OH is 1. The molecular weight excluding hydrogens is 212 g/mol. The molecule has 0 saturated carbocycles. The highest BCUT2D eigenvalue weighted by Crippen LogP contribution is 2.10. The van der Waals surface area contributed by atoms with Gasteiger partial charge in [0.2, 0.25) is 0 Å². The fourth-order valence-corrected chi connectivity index (χ4v) is 1.50. The zero-order chi connectivity index (χ0) is 13.1. The summed E-state index contributed by atoms with van der Waals surface area (Å²) in [5, 5.41) is 8.71. The number of carbonyl (C=O) groups is 1. The van der Waals surface area contributed by atoms with Crippen LogP contribution in [0.15, 0.2) is 35.5 Å². The fraction of sp³-hybridized carbons (Fsp3) is 0.533. The van der Waals surface area contributed by atoms with Crippen molar-refractivity contribution in [2.45, 2.75) is 46.5 Å². The zero-order valence-corrected chi connectivity index (χ0v) is 11.2. The first-order chi connectivity index (χ1) is 8.10. The van der Waals surface area contributed by atoms with Gasteiger partial charge >= 0.3 is 0 Å². The summed E-state index contributed by atoms with van der Waals surface area (Å²) in [4.78, 5) is 11.3. The highest BCUT2D eigenvalue weighted by molar-refractivity contribution is 5.89. The molecule has 2 nitrogen and oxygen atoms in total. The van der Waals surface area contributed by atoms with Crippen molar-refractivity contribution in [3.63, 3.8) is 0 Å². The van der Waals surface area contributed by atoms with E-state index in [9.17, 15) is 4.79 Å². The Hall–Kier alpha value is -1.15. The first-order valence-electron chi connectivity index (χ1n) is 6.17. The molecule has 0 aromatic carbocycles. The number of hydrogen-bond acceptors (Lipinski definition) is 2. The second-order valence-electron chi connectivity index (χ2n) is 4.29. The predicted octanol–water partition coefficient (Wildman–Crippen LogP) is 3.58. The summed E-state index contributed by atoms with van der Waals surface area (Å²) in [6.45, 7) is 6.06. The lowest BCUT2D eigenvalue weighted by molar-refractivity contribution is -0.114. The van der Waals surface area contributed by atoms with Crippen LogP contribution in [0, 0.1) is 0 Å². The molecular formula is C15H24O2. The number of allylic oxidation sites excluding steroid dienone is 5. The van der Waals surface area contributed by atoms with E-state index in [2.05, 4.69) is 13.0 Å². The average molecular weight is 236 g/mol. The normalized spacial score (nSPS) is 13.4. The van der Waals surface area contributed by atoms with E-state index in [1.54, 1.807) is 12.2 Å². The highest BCUT2D eigenvalue weighted by Gasteiger charge is 1.97. The molecule has 0 aromatic rings. The van der Waals surface area contributed by atoms with Crippen molar-refractivity contribution in [1.82, 2.24) is 0 Å². The molecule has 0 aromatic heterocycles. The van der Waals surface area contributed by atoms with E-state index in [0.717, 1.165) is 19.3 Å². The molecule has 0 aliphatic heterocycles. The Morgan fingerprint density at radius 3 is 2.29 bits per heavy atom. The molecule has 0 bridgehead atoms. The smallest absolute Gasteiger partial charge is 0.155 e. The second-order valence-corrected chi connectivity index (χ2v) is 4.29. The summed E-state index contributed by atoms with van der Waals surface area (Å²) < 4.78 is 0. The molecule has 1 N–H and O–H groups in total. The molecule has 0 aliphatic carbocycles. The largest absolute Gasteiger partial charge is 0.392 e. The van der Waals surface area contributed by atoms with Crippen molar-refractivity contribution in [2.24, 2.45) is 0 Å². The monoisotopic (exact) mass is 236 g/mol. The highest BCUT2D eigenvalue weighted by atomic mass is 16.2. The quantitative estimate of drug-likeness (QED) is 0.516. The van der Waals surface area contributed by atoms with E-state index in [4.69, 9.17) is 5.11 Å². The third-order valence-corrected chi connectivity index (χ3v) is 2.59. The molecule has 0 amide bonds. The first-order valence-corrected chi connectivity index (χ1v) is 6.17. The van der Waals surface area contributed by atoms with Crippen LogP contribution in [0.1, 0.15) is 46.5 Å². The van der Waals surface area contributed by atoms with Gasteiger partial charge < -0.3 is 5.11 Å². The fourth-order valence-electron chi connectivity index (χ4n) is 1.50. The molecule has 2 heteroatoms. The lowest BCUT2D eigenvalue weighted by Gasteiger charge is -2.00. The topological polar surface area (TPSA) is 37.3 Å². The van der Waals surface area contributed by atoms with Gasteiger partial charge in [0.05, 0.1) is 6.61 Å². The van der Waals surface area contributed by atoms with Gasteiger partial charge in [0, 0.05) is 6.42 Å². The number of hydrogen-bond donors (Lipinski definition) is 1. The molecule has 0 aliphatic rings. The Kier molecular flexibility index (Phi) is 9.35. The minimum Gasteiger partial charge on any atom is -0.392 e. The van der Waals surface area contributed by atoms with Gasteiger partial charge in [-0.05, 0) is 46.1 Å². The molecule has 0 spiro atoms.